The minimum Gasteiger partial charge on any atom is -0.258 e. The second-order valence-electron chi connectivity index (χ2n) is 3.04. The van der Waals surface area contributed by atoms with Gasteiger partial charge >= 0.3 is 0 Å². The number of hydrogen-bond acceptors (Lipinski definition) is 3. The van der Waals surface area contributed by atoms with Crippen LogP contribution in [-0.2, 0) is 0 Å². The molecule has 0 aliphatic heterocycles. The molecule has 0 aliphatic rings. The van der Waals surface area contributed by atoms with Gasteiger partial charge in [0.05, 0.1) is 9.80 Å². The van der Waals surface area contributed by atoms with E-state index in [1.54, 1.807) is 6.92 Å². The highest BCUT2D eigenvalue weighted by molar-refractivity contribution is 7.10. The van der Waals surface area contributed by atoms with Crippen molar-refractivity contribution in [2.24, 2.45) is 0 Å². The fourth-order valence-corrected chi connectivity index (χ4v) is 2.14. The van der Waals surface area contributed by atoms with Gasteiger partial charge in [-0.25, -0.2) is 0 Å². The molecule has 66 valence electrons. The van der Waals surface area contributed by atoms with E-state index in [0.717, 1.165) is 10.4 Å². The Kier molecular flexibility index (Phi) is 2.47. The highest BCUT2D eigenvalue weighted by atomic mass is 32.1. The molecule has 1 heterocycles. The normalized spacial score (nSPS) is 10.7. The van der Waals surface area contributed by atoms with Crippen LogP contribution in [0.3, 0.4) is 0 Å². The molecule has 3 nitrogen and oxygen atoms in total. The summed E-state index contributed by atoms with van der Waals surface area (Å²) < 4.78 is 0. The highest BCUT2D eigenvalue weighted by Gasteiger charge is 2.21. The van der Waals surface area contributed by atoms with Crippen LogP contribution in [0.25, 0.3) is 0 Å². The molecule has 0 saturated heterocycles. The summed E-state index contributed by atoms with van der Waals surface area (Å²) >= 11 is 1.47. The van der Waals surface area contributed by atoms with Crippen LogP contribution in [0, 0.1) is 17.0 Å². The van der Waals surface area contributed by atoms with Gasteiger partial charge in [0.25, 0.3) is 5.69 Å². The summed E-state index contributed by atoms with van der Waals surface area (Å²) in [6.07, 6.45) is 0. The molecule has 4 heteroatoms. The lowest BCUT2D eigenvalue weighted by molar-refractivity contribution is -0.385. The molecule has 1 rings (SSSR count). The van der Waals surface area contributed by atoms with E-state index in [0.29, 0.717) is 5.69 Å². The highest BCUT2D eigenvalue weighted by Crippen LogP contribution is 2.34. The van der Waals surface area contributed by atoms with E-state index in [4.69, 9.17) is 0 Å². The largest absolute Gasteiger partial charge is 0.286 e. The number of nitro groups is 1. The Balaban J connectivity index is 3.21. The summed E-state index contributed by atoms with van der Waals surface area (Å²) in [5.74, 6) is 0.240. The van der Waals surface area contributed by atoms with Crippen LogP contribution < -0.4 is 0 Å². The van der Waals surface area contributed by atoms with Gasteiger partial charge in [-0.3, -0.25) is 10.1 Å². The maximum Gasteiger partial charge on any atom is 0.286 e. The maximum absolute atomic E-state index is 10.6. The molecule has 0 atom stereocenters. The van der Waals surface area contributed by atoms with Gasteiger partial charge in [-0.05, 0) is 12.8 Å². The molecule has 0 aliphatic carbocycles. The zero-order chi connectivity index (χ0) is 9.30. The van der Waals surface area contributed by atoms with Gasteiger partial charge < -0.3 is 0 Å². The van der Waals surface area contributed by atoms with Crippen LogP contribution in [0.4, 0.5) is 5.69 Å². The Bertz CT molecular complexity index is 304. The van der Waals surface area contributed by atoms with Crippen molar-refractivity contribution in [3.8, 4) is 0 Å². The fraction of sp³-hybridized carbons (Fsp3) is 0.500. The maximum atomic E-state index is 10.6. The van der Waals surface area contributed by atoms with E-state index in [2.05, 4.69) is 0 Å². The van der Waals surface area contributed by atoms with Gasteiger partial charge in [0.15, 0.2) is 0 Å². The lowest BCUT2D eigenvalue weighted by atomic mass is 10.1. The lowest BCUT2D eigenvalue weighted by Crippen LogP contribution is -1.93. The lowest BCUT2D eigenvalue weighted by Gasteiger charge is -1.99. The average molecular weight is 185 g/mol. The molecule has 0 unspecified atom stereocenters. The summed E-state index contributed by atoms with van der Waals surface area (Å²) in [4.78, 5) is 11.2. The van der Waals surface area contributed by atoms with Gasteiger partial charge in [0, 0.05) is 10.9 Å². The molecule has 0 amide bonds. The molecule has 0 aromatic carbocycles. The van der Waals surface area contributed by atoms with Crippen LogP contribution >= 0.6 is 11.3 Å². The Hall–Kier alpha value is -0.900. The Morgan fingerprint density at radius 3 is 2.50 bits per heavy atom. The zero-order valence-corrected chi connectivity index (χ0v) is 8.14. The molecule has 0 radical (unpaired) electrons. The number of nitrogens with zero attached hydrogens (tertiary/aromatic N) is 1. The van der Waals surface area contributed by atoms with Gasteiger partial charge in [-0.1, -0.05) is 13.8 Å². The minimum atomic E-state index is -0.291. The van der Waals surface area contributed by atoms with Gasteiger partial charge in [0.1, 0.15) is 0 Å². The van der Waals surface area contributed by atoms with Crippen LogP contribution in [0.1, 0.15) is 30.2 Å². The Labute approximate surface area is 75.2 Å². The first-order chi connectivity index (χ1) is 5.54. The summed E-state index contributed by atoms with van der Waals surface area (Å²) in [6, 6.07) is 0. The van der Waals surface area contributed by atoms with Crippen molar-refractivity contribution < 1.29 is 4.92 Å². The summed E-state index contributed by atoms with van der Waals surface area (Å²) in [5, 5.41) is 12.5. The SMILES string of the molecule is Cc1csc(C(C)C)c1[N+](=O)[O-]. The summed E-state index contributed by atoms with van der Waals surface area (Å²) in [5.41, 5.74) is 1.07. The average Bonchev–Trinajstić information content (AvgIpc) is 2.30. The standard InChI is InChI=1S/C8H11NO2S/c1-5(2)8-7(9(10)11)6(3)4-12-8/h4-5H,1-3H3. The first kappa shape index (κ1) is 9.19. The fourth-order valence-electron chi connectivity index (χ4n) is 1.10. The van der Waals surface area contributed by atoms with E-state index in [9.17, 15) is 10.1 Å². The quantitative estimate of drug-likeness (QED) is 0.525. The van der Waals surface area contributed by atoms with Crippen molar-refractivity contribution in [2.45, 2.75) is 26.7 Å². The van der Waals surface area contributed by atoms with Crippen LogP contribution in [0.15, 0.2) is 5.38 Å². The molecule has 12 heavy (non-hydrogen) atoms. The van der Waals surface area contributed by atoms with Crippen molar-refractivity contribution in [3.63, 3.8) is 0 Å². The molecule has 0 fully saturated rings. The smallest absolute Gasteiger partial charge is 0.258 e. The van der Waals surface area contributed by atoms with E-state index < -0.39 is 0 Å². The third-order valence-corrected chi connectivity index (χ3v) is 3.07. The van der Waals surface area contributed by atoms with Crippen LogP contribution in [-0.4, -0.2) is 4.92 Å². The molecule has 0 bridgehead atoms. The van der Waals surface area contributed by atoms with E-state index in [-0.39, 0.29) is 10.8 Å². The Morgan fingerprint density at radius 1 is 1.58 bits per heavy atom. The first-order valence-corrected chi connectivity index (χ1v) is 4.64. The number of hydrogen-bond donors (Lipinski definition) is 0. The third-order valence-electron chi connectivity index (χ3n) is 1.68. The second-order valence-corrected chi connectivity index (χ2v) is 3.95. The van der Waals surface area contributed by atoms with Gasteiger partial charge in [0.2, 0.25) is 0 Å². The monoisotopic (exact) mass is 185 g/mol. The third kappa shape index (κ3) is 1.48. The molecule has 0 spiro atoms. The van der Waals surface area contributed by atoms with Gasteiger partial charge in [-0.15, -0.1) is 11.3 Å². The van der Waals surface area contributed by atoms with Crippen molar-refractivity contribution in [1.29, 1.82) is 0 Å². The number of rotatable bonds is 2. The molecular formula is C8H11NO2S. The van der Waals surface area contributed by atoms with Crippen LogP contribution in [0.2, 0.25) is 0 Å². The second kappa shape index (κ2) is 3.23. The molecular weight excluding hydrogens is 174 g/mol. The van der Waals surface area contributed by atoms with E-state index in [1.807, 2.05) is 19.2 Å². The predicted molar refractivity (Wildman–Crippen MR) is 49.8 cm³/mol. The van der Waals surface area contributed by atoms with Crippen molar-refractivity contribution in [2.75, 3.05) is 0 Å². The Morgan fingerprint density at radius 2 is 2.17 bits per heavy atom. The number of thiophene rings is 1. The van der Waals surface area contributed by atoms with E-state index in [1.165, 1.54) is 11.3 Å². The van der Waals surface area contributed by atoms with E-state index >= 15 is 0 Å². The predicted octanol–water partition coefficient (Wildman–Crippen LogP) is 3.09. The minimum absolute atomic E-state index is 0.240. The zero-order valence-electron chi connectivity index (χ0n) is 7.33. The van der Waals surface area contributed by atoms with Gasteiger partial charge in [-0.2, -0.15) is 0 Å². The van der Waals surface area contributed by atoms with Crippen molar-refractivity contribution in [1.82, 2.24) is 0 Å². The topological polar surface area (TPSA) is 43.1 Å². The molecule has 1 aromatic rings. The number of aryl methyl sites for hydroxylation is 1. The molecule has 1 aromatic heterocycles. The summed E-state index contributed by atoms with van der Waals surface area (Å²) in [7, 11) is 0. The summed E-state index contributed by atoms with van der Waals surface area (Å²) in [6.45, 7) is 5.72. The van der Waals surface area contributed by atoms with Crippen molar-refractivity contribution in [3.05, 3.63) is 25.9 Å². The first-order valence-electron chi connectivity index (χ1n) is 3.76. The molecule has 0 saturated carbocycles. The van der Waals surface area contributed by atoms with Crippen LogP contribution in [0.5, 0.6) is 0 Å². The van der Waals surface area contributed by atoms with Crippen molar-refractivity contribution >= 4 is 17.0 Å². The molecule has 0 N–H and O–H groups in total.